The van der Waals surface area contributed by atoms with Gasteiger partial charge >= 0.3 is 0 Å². The number of hydrogen-bond donors (Lipinski definition) is 1. The largest absolute Gasteiger partial charge is 0.313 e. The first-order chi connectivity index (χ1) is 8.70. The first kappa shape index (κ1) is 13.8. The summed E-state index contributed by atoms with van der Waals surface area (Å²) in [5.74, 6) is 0. The Labute approximate surface area is 124 Å². The Kier molecular flexibility index (Phi) is 4.97. The van der Waals surface area contributed by atoms with Crippen LogP contribution >= 0.6 is 31.9 Å². The summed E-state index contributed by atoms with van der Waals surface area (Å²) in [6.45, 7) is 4.11. The Morgan fingerprint density at radius 2 is 2.17 bits per heavy atom. The highest BCUT2D eigenvalue weighted by Gasteiger charge is 2.05. The first-order valence-corrected chi connectivity index (χ1v) is 7.49. The Hall–Kier alpha value is -0.650. The molecule has 18 heavy (non-hydrogen) atoms. The van der Waals surface area contributed by atoms with E-state index in [1.165, 1.54) is 5.56 Å². The van der Waals surface area contributed by atoms with Crippen molar-refractivity contribution in [2.24, 2.45) is 0 Å². The Balaban J connectivity index is 2.15. The van der Waals surface area contributed by atoms with Gasteiger partial charge in [-0.05, 0) is 62.5 Å². The predicted molar refractivity (Wildman–Crippen MR) is 81.0 cm³/mol. The third-order valence-corrected chi connectivity index (χ3v) is 3.61. The van der Waals surface area contributed by atoms with Crippen molar-refractivity contribution in [3.63, 3.8) is 0 Å². The molecule has 0 saturated carbocycles. The summed E-state index contributed by atoms with van der Waals surface area (Å²) >= 11 is 7.00. The molecule has 0 spiro atoms. The second kappa shape index (κ2) is 6.50. The van der Waals surface area contributed by atoms with Gasteiger partial charge in [-0.2, -0.15) is 5.10 Å². The zero-order chi connectivity index (χ0) is 13.0. The van der Waals surface area contributed by atoms with Gasteiger partial charge in [-0.3, -0.25) is 0 Å². The zero-order valence-electron chi connectivity index (χ0n) is 10.2. The van der Waals surface area contributed by atoms with Crippen LogP contribution < -0.4 is 5.32 Å². The average Bonchev–Trinajstić information content (AvgIpc) is 2.76. The van der Waals surface area contributed by atoms with Gasteiger partial charge in [0.1, 0.15) is 0 Å². The van der Waals surface area contributed by atoms with Crippen LogP contribution in [0.5, 0.6) is 0 Å². The Morgan fingerprint density at radius 3 is 2.78 bits per heavy atom. The van der Waals surface area contributed by atoms with Crippen LogP contribution in [0, 0.1) is 0 Å². The molecule has 0 aliphatic carbocycles. The third kappa shape index (κ3) is 3.43. The molecule has 2 aromatic rings. The van der Waals surface area contributed by atoms with Gasteiger partial charge < -0.3 is 5.32 Å². The van der Waals surface area contributed by atoms with Crippen LogP contribution in [-0.2, 0) is 6.54 Å². The van der Waals surface area contributed by atoms with Gasteiger partial charge in [0.2, 0.25) is 0 Å². The van der Waals surface area contributed by atoms with Crippen molar-refractivity contribution in [3.05, 3.63) is 45.1 Å². The molecule has 0 bridgehead atoms. The van der Waals surface area contributed by atoms with E-state index in [9.17, 15) is 0 Å². The van der Waals surface area contributed by atoms with Gasteiger partial charge in [0.05, 0.1) is 16.4 Å². The van der Waals surface area contributed by atoms with E-state index < -0.39 is 0 Å². The number of benzene rings is 1. The molecule has 96 valence electrons. The lowest BCUT2D eigenvalue weighted by molar-refractivity contribution is 0.675. The van der Waals surface area contributed by atoms with Gasteiger partial charge in [-0.15, -0.1) is 0 Å². The molecule has 0 unspecified atom stereocenters. The van der Waals surface area contributed by atoms with Crippen LogP contribution in [0.3, 0.4) is 0 Å². The highest BCUT2D eigenvalue weighted by atomic mass is 79.9. The SMILES string of the molecule is CCCNCc1ccc(-n2cc(Br)cn2)c(Br)c1. The van der Waals surface area contributed by atoms with Gasteiger partial charge in [0.25, 0.3) is 0 Å². The van der Waals surface area contributed by atoms with Crippen LogP contribution in [0.25, 0.3) is 5.69 Å². The number of halogens is 2. The summed E-state index contributed by atoms with van der Waals surface area (Å²) in [4.78, 5) is 0. The molecule has 1 heterocycles. The molecule has 5 heteroatoms. The minimum Gasteiger partial charge on any atom is -0.313 e. The molecule has 1 N–H and O–H groups in total. The lowest BCUT2D eigenvalue weighted by Gasteiger charge is -2.08. The molecule has 0 aliphatic rings. The van der Waals surface area contributed by atoms with E-state index in [4.69, 9.17) is 0 Å². The number of nitrogens with one attached hydrogen (secondary N) is 1. The molecule has 1 aromatic carbocycles. The van der Waals surface area contributed by atoms with E-state index >= 15 is 0 Å². The molecule has 0 amide bonds. The van der Waals surface area contributed by atoms with Crippen molar-refractivity contribution in [3.8, 4) is 5.69 Å². The molecule has 0 atom stereocenters. The molecular weight excluding hydrogens is 358 g/mol. The Morgan fingerprint density at radius 1 is 1.33 bits per heavy atom. The molecule has 2 rings (SSSR count). The molecule has 1 aromatic heterocycles. The second-order valence-electron chi connectivity index (χ2n) is 4.07. The fourth-order valence-corrected chi connectivity index (χ4v) is 2.58. The van der Waals surface area contributed by atoms with E-state index in [1.807, 2.05) is 10.9 Å². The summed E-state index contributed by atoms with van der Waals surface area (Å²) in [7, 11) is 0. The summed E-state index contributed by atoms with van der Waals surface area (Å²) in [6, 6.07) is 6.33. The number of aromatic nitrogens is 2. The Bertz CT molecular complexity index is 523. The highest BCUT2D eigenvalue weighted by molar-refractivity contribution is 9.10. The molecule has 0 radical (unpaired) electrons. The quantitative estimate of drug-likeness (QED) is 0.806. The standard InChI is InChI=1S/C13H15Br2N3/c1-2-5-16-7-10-3-4-13(12(15)6-10)18-9-11(14)8-17-18/h3-4,6,8-9,16H,2,5,7H2,1H3. The van der Waals surface area contributed by atoms with Crippen LogP contribution in [0.1, 0.15) is 18.9 Å². The lowest BCUT2D eigenvalue weighted by Crippen LogP contribution is -2.13. The minimum absolute atomic E-state index is 0.898. The third-order valence-electron chi connectivity index (χ3n) is 2.57. The maximum absolute atomic E-state index is 4.28. The monoisotopic (exact) mass is 371 g/mol. The normalized spacial score (nSPS) is 10.8. The van der Waals surface area contributed by atoms with Crippen LogP contribution in [0.2, 0.25) is 0 Å². The number of rotatable bonds is 5. The summed E-state index contributed by atoms with van der Waals surface area (Å²) in [5, 5.41) is 7.67. The average molecular weight is 373 g/mol. The molecule has 3 nitrogen and oxygen atoms in total. The van der Waals surface area contributed by atoms with E-state index in [-0.39, 0.29) is 0 Å². The van der Waals surface area contributed by atoms with Gasteiger partial charge in [-0.1, -0.05) is 13.0 Å². The number of nitrogens with zero attached hydrogens (tertiary/aromatic N) is 2. The van der Waals surface area contributed by atoms with Crippen molar-refractivity contribution in [1.82, 2.24) is 15.1 Å². The van der Waals surface area contributed by atoms with E-state index in [0.717, 1.165) is 34.1 Å². The molecule has 0 saturated heterocycles. The molecule has 0 aliphatic heterocycles. The fraction of sp³-hybridized carbons (Fsp3) is 0.308. The van der Waals surface area contributed by atoms with Gasteiger partial charge in [0, 0.05) is 17.2 Å². The first-order valence-electron chi connectivity index (χ1n) is 5.90. The van der Waals surface area contributed by atoms with E-state index in [0.29, 0.717) is 0 Å². The maximum atomic E-state index is 4.28. The topological polar surface area (TPSA) is 29.9 Å². The van der Waals surface area contributed by atoms with Gasteiger partial charge in [-0.25, -0.2) is 4.68 Å². The molecule has 0 fully saturated rings. The van der Waals surface area contributed by atoms with Crippen LogP contribution in [0.4, 0.5) is 0 Å². The van der Waals surface area contributed by atoms with Crippen molar-refractivity contribution in [2.75, 3.05) is 6.54 Å². The smallest absolute Gasteiger partial charge is 0.0788 e. The maximum Gasteiger partial charge on any atom is 0.0788 e. The van der Waals surface area contributed by atoms with Crippen molar-refractivity contribution >= 4 is 31.9 Å². The fourth-order valence-electron chi connectivity index (χ4n) is 1.69. The lowest BCUT2D eigenvalue weighted by atomic mass is 10.2. The minimum atomic E-state index is 0.898. The van der Waals surface area contributed by atoms with Crippen molar-refractivity contribution in [1.29, 1.82) is 0 Å². The zero-order valence-corrected chi connectivity index (χ0v) is 13.3. The van der Waals surface area contributed by atoms with Gasteiger partial charge in [0.15, 0.2) is 0 Å². The summed E-state index contributed by atoms with van der Waals surface area (Å²) in [6.07, 6.45) is 4.87. The van der Waals surface area contributed by atoms with E-state index in [2.05, 4.69) is 67.4 Å². The summed E-state index contributed by atoms with van der Waals surface area (Å²) in [5.41, 5.74) is 2.31. The van der Waals surface area contributed by atoms with Crippen LogP contribution in [0.15, 0.2) is 39.5 Å². The number of hydrogen-bond acceptors (Lipinski definition) is 2. The predicted octanol–water partition coefficient (Wildman–Crippen LogP) is 3.90. The van der Waals surface area contributed by atoms with E-state index in [1.54, 1.807) is 6.20 Å². The highest BCUT2D eigenvalue weighted by Crippen LogP contribution is 2.23. The van der Waals surface area contributed by atoms with Crippen molar-refractivity contribution in [2.45, 2.75) is 19.9 Å². The molecular formula is C13H15Br2N3. The van der Waals surface area contributed by atoms with Crippen LogP contribution in [-0.4, -0.2) is 16.3 Å². The van der Waals surface area contributed by atoms with Crippen molar-refractivity contribution < 1.29 is 0 Å². The summed E-state index contributed by atoms with van der Waals surface area (Å²) < 4.78 is 3.87. The second-order valence-corrected chi connectivity index (χ2v) is 5.84.